The molecule has 1 heterocycles. The molecule has 3 aliphatic rings. The number of fused-ring (bicyclic) bond motifs is 1. The first-order chi connectivity index (χ1) is 21.0. The monoisotopic (exact) mass is 593 g/mol. The fourth-order valence-electron chi connectivity index (χ4n) is 7.39. The molecule has 3 aromatic rings. The molecule has 0 fully saturated rings. The second-order valence-electron chi connectivity index (χ2n) is 14.0. The van der Waals surface area contributed by atoms with Crippen LogP contribution in [0.15, 0.2) is 83.2 Å². The van der Waals surface area contributed by atoms with Crippen LogP contribution in [0.2, 0.25) is 0 Å². The van der Waals surface area contributed by atoms with Gasteiger partial charge in [0.2, 0.25) is 0 Å². The highest BCUT2D eigenvalue weighted by Crippen LogP contribution is 2.54. The van der Waals surface area contributed by atoms with Crippen molar-refractivity contribution < 1.29 is 23.8 Å². The Hall–Kier alpha value is -3.90. The predicted octanol–water partition coefficient (Wildman–Crippen LogP) is 7.76. The summed E-state index contributed by atoms with van der Waals surface area (Å²) in [5, 5.41) is 2.32. The summed E-state index contributed by atoms with van der Waals surface area (Å²) in [6, 6.07) is 20.4. The van der Waals surface area contributed by atoms with Gasteiger partial charge in [-0.2, -0.15) is 0 Å². The van der Waals surface area contributed by atoms with E-state index in [-0.39, 0.29) is 22.4 Å². The molecule has 0 atom stereocenters. The summed E-state index contributed by atoms with van der Waals surface area (Å²) in [5.74, 6) is 0.997. The lowest BCUT2D eigenvalue weighted by molar-refractivity contribution is -0.119. The van der Waals surface area contributed by atoms with Crippen LogP contribution in [-0.2, 0) is 20.9 Å². The fraction of sp³-hybridized carbons (Fsp3) is 0.421. The van der Waals surface area contributed by atoms with Crippen molar-refractivity contribution in [1.29, 1.82) is 0 Å². The van der Waals surface area contributed by atoms with Crippen LogP contribution in [0.3, 0.4) is 0 Å². The molecule has 2 aliphatic carbocycles. The van der Waals surface area contributed by atoms with Gasteiger partial charge in [-0.25, -0.2) is 0 Å². The normalized spacial score (nSPS) is 19.7. The number of hydrogen-bond acceptors (Lipinski definition) is 6. The van der Waals surface area contributed by atoms with E-state index in [2.05, 4.69) is 56.9 Å². The molecular weight excluding hydrogens is 550 g/mol. The molecule has 0 amide bonds. The van der Waals surface area contributed by atoms with Crippen molar-refractivity contribution in [2.24, 2.45) is 10.8 Å². The number of hydrogen-bond donors (Lipinski definition) is 0. The number of ketones is 2. The number of Topliss-reactive ketones (excluding diaryl/α,β-unsaturated/α-hetero) is 2. The zero-order valence-corrected chi connectivity index (χ0v) is 26.8. The van der Waals surface area contributed by atoms with E-state index >= 15 is 0 Å². The van der Waals surface area contributed by atoms with Gasteiger partial charge in [0, 0.05) is 55.0 Å². The number of allylic oxidation sites excluding steroid dienone is 4. The number of ether oxygens (including phenoxy) is 3. The number of carbonyl (C=O) groups excluding carboxylic acids is 2. The molecule has 0 unspecified atom stereocenters. The number of nitrogens with zero attached hydrogens (tertiary/aromatic N) is 1. The highest BCUT2D eigenvalue weighted by molar-refractivity contribution is 6.06. The van der Waals surface area contributed by atoms with Crippen LogP contribution < -0.4 is 9.47 Å². The SMILES string of the molecule is COCCN1C2=C(C(=O)CC(C)(C)C2)C(c2ccc(OCc3cccc4ccccc34)c(OC)c2)C2=C1CC(C)(C)CC2=O. The van der Waals surface area contributed by atoms with Crippen LogP contribution in [0.4, 0.5) is 0 Å². The third-order valence-corrected chi connectivity index (χ3v) is 9.32. The Balaban J connectivity index is 1.43. The van der Waals surface area contributed by atoms with E-state index in [0.29, 0.717) is 44.1 Å². The van der Waals surface area contributed by atoms with Crippen molar-refractivity contribution in [3.63, 3.8) is 0 Å². The molecule has 0 aromatic heterocycles. The Morgan fingerprint density at radius 1 is 0.773 bits per heavy atom. The summed E-state index contributed by atoms with van der Waals surface area (Å²) in [6.07, 6.45) is 2.43. The van der Waals surface area contributed by atoms with Gasteiger partial charge >= 0.3 is 0 Å². The van der Waals surface area contributed by atoms with Crippen molar-refractivity contribution >= 4 is 22.3 Å². The Morgan fingerprint density at radius 3 is 2.05 bits per heavy atom. The minimum absolute atomic E-state index is 0.114. The van der Waals surface area contributed by atoms with E-state index in [1.165, 1.54) is 5.39 Å². The minimum atomic E-state index is -0.438. The molecule has 6 heteroatoms. The van der Waals surface area contributed by atoms with Gasteiger partial charge in [-0.1, -0.05) is 76.2 Å². The van der Waals surface area contributed by atoms with E-state index in [0.717, 1.165) is 51.9 Å². The van der Waals surface area contributed by atoms with Crippen LogP contribution in [0.5, 0.6) is 11.5 Å². The van der Waals surface area contributed by atoms with Gasteiger partial charge in [-0.15, -0.1) is 0 Å². The lowest BCUT2D eigenvalue weighted by Gasteiger charge is -2.49. The van der Waals surface area contributed by atoms with Crippen molar-refractivity contribution in [3.05, 3.63) is 94.3 Å². The maximum Gasteiger partial charge on any atom is 0.162 e. The Labute approximate surface area is 260 Å². The summed E-state index contributed by atoms with van der Waals surface area (Å²) >= 11 is 0. The first-order valence-electron chi connectivity index (χ1n) is 15.6. The lowest BCUT2D eigenvalue weighted by Crippen LogP contribution is -2.45. The molecule has 1 aliphatic heterocycles. The maximum atomic E-state index is 14.0. The van der Waals surface area contributed by atoms with Crippen LogP contribution in [0, 0.1) is 10.8 Å². The van der Waals surface area contributed by atoms with Crippen LogP contribution in [0.25, 0.3) is 10.8 Å². The van der Waals surface area contributed by atoms with Gasteiger partial charge in [0.05, 0.1) is 13.7 Å². The highest BCUT2D eigenvalue weighted by atomic mass is 16.5. The summed E-state index contributed by atoms with van der Waals surface area (Å²) in [4.78, 5) is 30.3. The van der Waals surface area contributed by atoms with Crippen molar-refractivity contribution in [2.45, 2.75) is 65.9 Å². The molecule has 0 N–H and O–H groups in total. The van der Waals surface area contributed by atoms with Gasteiger partial charge in [-0.3, -0.25) is 9.59 Å². The lowest BCUT2D eigenvalue weighted by atomic mass is 9.63. The van der Waals surface area contributed by atoms with Crippen LogP contribution in [-0.4, -0.2) is 43.8 Å². The van der Waals surface area contributed by atoms with E-state index in [1.807, 2.05) is 36.4 Å². The first-order valence-corrected chi connectivity index (χ1v) is 15.6. The molecule has 0 saturated heterocycles. The fourth-order valence-corrected chi connectivity index (χ4v) is 7.39. The van der Waals surface area contributed by atoms with Crippen LogP contribution >= 0.6 is 0 Å². The molecule has 3 aromatic carbocycles. The van der Waals surface area contributed by atoms with Crippen molar-refractivity contribution in [3.8, 4) is 11.5 Å². The van der Waals surface area contributed by atoms with Gasteiger partial charge < -0.3 is 19.1 Å². The summed E-state index contributed by atoms with van der Waals surface area (Å²) in [7, 11) is 3.33. The number of methoxy groups -OCH3 is 2. The largest absolute Gasteiger partial charge is 0.493 e. The topological polar surface area (TPSA) is 65.1 Å². The molecule has 0 bridgehead atoms. The molecule has 0 saturated carbocycles. The minimum Gasteiger partial charge on any atom is -0.493 e. The van der Waals surface area contributed by atoms with Crippen molar-refractivity contribution in [1.82, 2.24) is 4.90 Å². The molecule has 6 rings (SSSR count). The van der Waals surface area contributed by atoms with Crippen LogP contribution in [0.1, 0.15) is 70.4 Å². The van der Waals surface area contributed by atoms with Crippen molar-refractivity contribution in [2.75, 3.05) is 27.4 Å². The van der Waals surface area contributed by atoms with Gasteiger partial charge in [-0.05, 0) is 57.7 Å². The molecule has 0 spiro atoms. The van der Waals surface area contributed by atoms with Gasteiger partial charge in [0.25, 0.3) is 0 Å². The summed E-state index contributed by atoms with van der Waals surface area (Å²) < 4.78 is 17.7. The molecule has 230 valence electrons. The Bertz CT molecular complexity index is 1640. The average molecular weight is 594 g/mol. The number of carbonyl (C=O) groups is 2. The van der Waals surface area contributed by atoms with E-state index in [4.69, 9.17) is 14.2 Å². The molecule has 6 nitrogen and oxygen atoms in total. The zero-order chi connectivity index (χ0) is 31.2. The highest BCUT2D eigenvalue weighted by Gasteiger charge is 2.49. The van der Waals surface area contributed by atoms with E-state index in [9.17, 15) is 9.59 Å². The zero-order valence-electron chi connectivity index (χ0n) is 26.8. The maximum absolute atomic E-state index is 14.0. The van der Waals surface area contributed by atoms with Gasteiger partial charge in [0.15, 0.2) is 23.1 Å². The Morgan fingerprint density at radius 2 is 1.41 bits per heavy atom. The van der Waals surface area contributed by atoms with E-state index in [1.54, 1.807) is 14.2 Å². The number of benzene rings is 3. The molecular formula is C38H43NO5. The second kappa shape index (κ2) is 11.6. The third kappa shape index (κ3) is 5.56. The van der Waals surface area contributed by atoms with Gasteiger partial charge in [0.1, 0.15) is 6.61 Å². The average Bonchev–Trinajstić information content (AvgIpc) is 2.97. The third-order valence-electron chi connectivity index (χ3n) is 9.32. The first kappa shape index (κ1) is 30.1. The summed E-state index contributed by atoms with van der Waals surface area (Å²) in [6.45, 7) is 10.1. The Kier molecular flexibility index (Phi) is 7.91. The predicted molar refractivity (Wildman–Crippen MR) is 173 cm³/mol. The number of rotatable bonds is 8. The quantitative estimate of drug-likeness (QED) is 0.266. The van der Waals surface area contributed by atoms with E-state index < -0.39 is 5.92 Å². The standard InChI is InChI=1S/C38H43NO5/c1-37(2)19-28-35(30(40)21-37)34(36-29(39(28)16-17-42-5)20-38(3,4)22-31(36)41)25-14-15-32(33(18-25)43-6)44-23-26-12-9-11-24-10-7-8-13-27(24)26/h7-15,18,34H,16-17,19-23H2,1-6H3. The smallest absolute Gasteiger partial charge is 0.162 e. The second-order valence-corrected chi connectivity index (χ2v) is 14.0. The summed E-state index contributed by atoms with van der Waals surface area (Å²) in [5.41, 5.74) is 5.20. The molecule has 0 radical (unpaired) electrons. The molecule has 44 heavy (non-hydrogen) atoms.